The van der Waals surface area contributed by atoms with Crippen LogP contribution in [-0.2, 0) is 4.79 Å². The smallest absolute Gasteiger partial charge is 0.223 e. The predicted octanol–water partition coefficient (Wildman–Crippen LogP) is 3.31. The van der Waals surface area contributed by atoms with Gasteiger partial charge in [0.05, 0.1) is 0 Å². The number of benzene rings is 2. The van der Waals surface area contributed by atoms with Crippen LogP contribution in [0.25, 0.3) is 0 Å². The van der Waals surface area contributed by atoms with Crippen molar-refractivity contribution in [2.45, 2.75) is 19.3 Å². The van der Waals surface area contributed by atoms with E-state index in [1.165, 1.54) is 0 Å². The Morgan fingerprint density at radius 2 is 1.62 bits per heavy atom. The number of rotatable bonds is 4. The van der Waals surface area contributed by atoms with Gasteiger partial charge in [-0.25, -0.2) is 0 Å². The summed E-state index contributed by atoms with van der Waals surface area (Å²) in [5.41, 5.74) is 2.99. The monoisotopic (exact) mass is 283 g/mol. The van der Waals surface area contributed by atoms with Crippen LogP contribution in [0.1, 0.15) is 29.0 Å². The molecule has 0 heterocycles. The lowest BCUT2D eigenvalue weighted by Gasteiger charge is -2.22. The van der Waals surface area contributed by atoms with Gasteiger partial charge in [-0.1, -0.05) is 42.5 Å². The molecule has 2 aromatic rings. The lowest BCUT2D eigenvalue weighted by Crippen LogP contribution is -2.24. The quantitative estimate of drug-likeness (QED) is 0.935. The summed E-state index contributed by atoms with van der Waals surface area (Å²) in [5, 5.41) is 10.2. The van der Waals surface area contributed by atoms with Gasteiger partial charge in [-0.2, -0.15) is 0 Å². The molecule has 0 spiro atoms. The first-order valence-corrected chi connectivity index (χ1v) is 7.04. The molecule has 0 bridgehead atoms. The molecular weight excluding hydrogens is 262 g/mol. The fourth-order valence-electron chi connectivity index (χ4n) is 2.50. The summed E-state index contributed by atoms with van der Waals surface area (Å²) < 4.78 is 0. The number of hydrogen-bond acceptors (Lipinski definition) is 2. The van der Waals surface area contributed by atoms with Crippen LogP contribution in [0, 0.1) is 6.92 Å². The van der Waals surface area contributed by atoms with Gasteiger partial charge in [-0.05, 0) is 24.1 Å². The normalized spacial score (nSPS) is 12.0. The molecule has 0 aromatic heterocycles. The fraction of sp³-hybridized carbons (Fsp3) is 0.278. The van der Waals surface area contributed by atoms with E-state index < -0.39 is 0 Å². The minimum atomic E-state index is -0.137. The molecule has 0 radical (unpaired) electrons. The highest BCUT2D eigenvalue weighted by Crippen LogP contribution is 2.35. The van der Waals surface area contributed by atoms with E-state index in [9.17, 15) is 9.90 Å². The van der Waals surface area contributed by atoms with Gasteiger partial charge in [0.2, 0.25) is 5.91 Å². The summed E-state index contributed by atoms with van der Waals surface area (Å²) in [7, 11) is 3.50. The molecule has 0 aliphatic carbocycles. The van der Waals surface area contributed by atoms with Gasteiger partial charge in [0.1, 0.15) is 5.75 Å². The molecule has 0 saturated carbocycles. The second-order valence-corrected chi connectivity index (χ2v) is 5.46. The maximum atomic E-state index is 12.2. The van der Waals surface area contributed by atoms with Crippen molar-refractivity contribution >= 4 is 5.91 Å². The van der Waals surface area contributed by atoms with Gasteiger partial charge in [-0.3, -0.25) is 4.79 Å². The van der Waals surface area contributed by atoms with Gasteiger partial charge < -0.3 is 10.0 Å². The van der Waals surface area contributed by atoms with Crippen molar-refractivity contribution in [3.8, 4) is 5.75 Å². The number of aryl methyl sites for hydroxylation is 1. The van der Waals surface area contributed by atoms with Crippen molar-refractivity contribution < 1.29 is 9.90 Å². The highest BCUT2D eigenvalue weighted by atomic mass is 16.3. The highest BCUT2D eigenvalue weighted by molar-refractivity contribution is 5.77. The van der Waals surface area contributed by atoms with Crippen LogP contribution in [0.2, 0.25) is 0 Å². The molecule has 1 atom stereocenters. The van der Waals surface area contributed by atoms with Crippen LogP contribution in [-0.4, -0.2) is 30.0 Å². The molecule has 110 valence electrons. The highest BCUT2D eigenvalue weighted by Gasteiger charge is 2.22. The summed E-state index contributed by atoms with van der Waals surface area (Å²) in [6, 6.07) is 15.2. The van der Waals surface area contributed by atoms with Crippen LogP contribution >= 0.6 is 0 Å². The van der Waals surface area contributed by atoms with E-state index in [-0.39, 0.29) is 17.6 Å². The van der Waals surface area contributed by atoms with E-state index in [0.29, 0.717) is 6.42 Å². The molecule has 2 rings (SSSR count). The predicted molar refractivity (Wildman–Crippen MR) is 84.4 cm³/mol. The minimum absolute atomic E-state index is 0.0477. The van der Waals surface area contributed by atoms with E-state index >= 15 is 0 Å². The van der Waals surface area contributed by atoms with Crippen molar-refractivity contribution in [3.63, 3.8) is 0 Å². The average molecular weight is 283 g/mol. The minimum Gasteiger partial charge on any atom is -0.508 e. The van der Waals surface area contributed by atoms with Crippen LogP contribution in [0.4, 0.5) is 0 Å². The molecule has 0 saturated heterocycles. The third kappa shape index (κ3) is 3.43. The lowest BCUT2D eigenvalue weighted by atomic mass is 9.85. The van der Waals surface area contributed by atoms with E-state index in [1.807, 2.05) is 43.3 Å². The number of amides is 1. The number of para-hydroxylation sites is 1. The Bertz CT molecular complexity index is 589. The standard InChI is InChI=1S/C18H21NO2/c1-13-8-4-5-9-14(13)16(12-18(21)19(2)3)15-10-6-7-11-17(15)20/h4-11,16,20H,12H2,1-3H3/t16-/m1/s1. The molecule has 3 heteroatoms. The third-order valence-electron chi connectivity index (χ3n) is 3.75. The van der Waals surface area contributed by atoms with Gasteiger partial charge in [0, 0.05) is 32.0 Å². The van der Waals surface area contributed by atoms with Gasteiger partial charge in [0.25, 0.3) is 0 Å². The summed E-state index contributed by atoms with van der Waals surface area (Å²) in [6.07, 6.45) is 0.343. The van der Waals surface area contributed by atoms with Crippen molar-refractivity contribution in [1.82, 2.24) is 4.90 Å². The Morgan fingerprint density at radius 1 is 1.05 bits per heavy atom. The first kappa shape index (κ1) is 15.1. The first-order chi connectivity index (χ1) is 10.0. The zero-order chi connectivity index (χ0) is 15.4. The Balaban J connectivity index is 2.48. The second-order valence-electron chi connectivity index (χ2n) is 5.46. The van der Waals surface area contributed by atoms with Crippen LogP contribution in [0.5, 0.6) is 5.75 Å². The molecule has 0 aliphatic heterocycles. The number of carbonyl (C=O) groups excluding carboxylic acids is 1. The molecule has 3 nitrogen and oxygen atoms in total. The van der Waals surface area contributed by atoms with Gasteiger partial charge >= 0.3 is 0 Å². The number of aromatic hydroxyl groups is 1. The number of phenolic OH excluding ortho intramolecular Hbond substituents is 1. The largest absolute Gasteiger partial charge is 0.508 e. The Hall–Kier alpha value is -2.29. The maximum Gasteiger partial charge on any atom is 0.223 e. The van der Waals surface area contributed by atoms with Crippen LogP contribution in [0.15, 0.2) is 48.5 Å². The maximum absolute atomic E-state index is 12.2. The van der Waals surface area contributed by atoms with Crippen LogP contribution < -0.4 is 0 Å². The SMILES string of the molecule is Cc1ccccc1[C@@H](CC(=O)N(C)C)c1ccccc1O. The molecule has 0 unspecified atom stereocenters. The zero-order valence-corrected chi connectivity index (χ0v) is 12.7. The fourth-order valence-corrected chi connectivity index (χ4v) is 2.50. The topological polar surface area (TPSA) is 40.5 Å². The molecule has 1 N–H and O–H groups in total. The molecule has 1 amide bonds. The third-order valence-corrected chi connectivity index (χ3v) is 3.75. The van der Waals surface area contributed by atoms with Gasteiger partial charge in [-0.15, -0.1) is 0 Å². The number of carbonyl (C=O) groups is 1. The average Bonchev–Trinajstić information content (AvgIpc) is 2.46. The Labute approximate surface area is 125 Å². The molecule has 0 aliphatic rings. The van der Waals surface area contributed by atoms with E-state index in [0.717, 1.165) is 16.7 Å². The van der Waals surface area contributed by atoms with Crippen molar-refractivity contribution in [1.29, 1.82) is 0 Å². The van der Waals surface area contributed by atoms with E-state index in [4.69, 9.17) is 0 Å². The summed E-state index contributed by atoms with van der Waals surface area (Å²) in [5.74, 6) is 0.145. The zero-order valence-electron chi connectivity index (χ0n) is 12.7. The number of phenols is 1. The summed E-state index contributed by atoms with van der Waals surface area (Å²) in [4.78, 5) is 13.8. The van der Waals surface area contributed by atoms with Crippen molar-refractivity contribution in [3.05, 3.63) is 65.2 Å². The molecule has 0 fully saturated rings. The lowest BCUT2D eigenvalue weighted by molar-refractivity contribution is -0.128. The number of nitrogens with zero attached hydrogens (tertiary/aromatic N) is 1. The van der Waals surface area contributed by atoms with E-state index in [1.54, 1.807) is 31.1 Å². The molecular formula is C18H21NO2. The summed E-state index contributed by atoms with van der Waals surface area (Å²) >= 11 is 0. The molecule has 2 aromatic carbocycles. The second kappa shape index (κ2) is 6.44. The Kier molecular flexibility index (Phi) is 4.63. The van der Waals surface area contributed by atoms with E-state index in [2.05, 4.69) is 0 Å². The van der Waals surface area contributed by atoms with Crippen molar-refractivity contribution in [2.24, 2.45) is 0 Å². The first-order valence-electron chi connectivity index (χ1n) is 7.04. The van der Waals surface area contributed by atoms with Crippen LogP contribution in [0.3, 0.4) is 0 Å². The number of hydrogen-bond donors (Lipinski definition) is 1. The summed E-state index contributed by atoms with van der Waals surface area (Å²) in [6.45, 7) is 2.03. The molecule has 21 heavy (non-hydrogen) atoms. The van der Waals surface area contributed by atoms with Crippen molar-refractivity contribution in [2.75, 3.05) is 14.1 Å². The van der Waals surface area contributed by atoms with Gasteiger partial charge in [0.15, 0.2) is 0 Å². The Morgan fingerprint density at radius 3 is 2.19 bits per heavy atom.